The van der Waals surface area contributed by atoms with Gasteiger partial charge in [0.15, 0.2) is 23.4 Å². The molecule has 1 saturated heterocycles. The van der Waals surface area contributed by atoms with E-state index in [9.17, 15) is 15.0 Å². The van der Waals surface area contributed by atoms with Gasteiger partial charge in [0.25, 0.3) is 0 Å². The van der Waals surface area contributed by atoms with Gasteiger partial charge in [0.1, 0.15) is 5.60 Å². The number of phenolic OH excluding ortho intramolecular Hbond substituents is 1. The van der Waals surface area contributed by atoms with Gasteiger partial charge in [0.2, 0.25) is 0 Å². The van der Waals surface area contributed by atoms with E-state index in [2.05, 4.69) is 11.5 Å². The quantitative estimate of drug-likeness (QED) is 0.796. The van der Waals surface area contributed by atoms with E-state index in [0.29, 0.717) is 25.1 Å². The molecule has 2 heterocycles. The Morgan fingerprint density at radius 1 is 1.46 bits per heavy atom. The molecular weight excluding hydrogens is 306 g/mol. The van der Waals surface area contributed by atoms with Crippen LogP contribution in [0.1, 0.15) is 17.5 Å². The number of hydrogen-bond acceptors (Lipinski definition) is 5. The molecule has 2 aliphatic heterocycles. The van der Waals surface area contributed by atoms with Crippen molar-refractivity contribution in [3.8, 4) is 11.5 Å². The number of rotatable bonds is 2. The number of ether oxygens (including phenoxy) is 1. The zero-order chi connectivity index (χ0) is 16.7. The first kappa shape index (κ1) is 14.3. The van der Waals surface area contributed by atoms with Crippen molar-refractivity contribution >= 4 is 5.78 Å². The number of aliphatic hydroxyl groups is 1. The normalized spacial score (nSPS) is 38.6. The van der Waals surface area contributed by atoms with Crippen LogP contribution >= 0.6 is 0 Å². The third-order valence-corrected chi connectivity index (χ3v) is 6.35. The van der Waals surface area contributed by atoms with Crippen LogP contribution < -0.4 is 4.74 Å². The molecule has 124 valence electrons. The predicted molar refractivity (Wildman–Crippen MR) is 87.2 cm³/mol. The summed E-state index contributed by atoms with van der Waals surface area (Å²) in [5, 5.41) is 22.0. The molecule has 5 nitrogen and oxygen atoms in total. The van der Waals surface area contributed by atoms with Crippen molar-refractivity contribution in [2.45, 2.75) is 36.0 Å². The van der Waals surface area contributed by atoms with Crippen LogP contribution in [0.2, 0.25) is 0 Å². The number of likely N-dealkylation sites (tertiary alicyclic amines) is 1. The molecule has 1 aromatic rings. The van der Waals surface area contributed by atoms with Crippen LogP contribution in [0.25, 0.3) is 0 Å². The number of piperidine rings is 1. The standard InChI is InChI=1S/C19H19NO4/c1-2-8-20-9-7-18-15-11-3-4-12(21)16(15)24-17(18)13(22)5-6-19(18,23)14(20)10-11/h2-6,14,17,21,23H,1,7-10H2/t14?,17-,18?,19+/m0/s1. The highest BCUT2D eigenvalue weighted by Gasteiger charge is 2.71. The topological polar surface area (TPSA) is 70.0 Å². The lowest BCUT2D eigenvalue weighted by Gasteiger charge is -2.60. The van der Waals surface area contributed by atoms with Crippen LogP contribution in [-0.2, 0) is 16.6 Å². The molecule has 0 aromatic heterocycles. The Balaban J connectivity index is 1.83. The van der Waals surface area contributed by atoms with Crippen LogP contribution in [0, 0.1) is 0 Å². The Hall–Kier alpha value is -2.11. The smallest absolute Gasteiger partial charge is 0.196 e. The average Bonchev–Trinajstić information content (AvgIpc) is 2.91. The number of phenols is 1. The van der Waals surface area contributed by atoms with Crippen molar-refractivity contribution in [2.75, 3.05) is 13.1 Å². The molecule has 2 unspecified atom stereocenters. The van der Waals surface area contributed by atoms with E-state index in [4.69, 9.17) is 4.74 Å². The highest BCUT2D eigenvalue weighted by molar-refractivity contribution is 5.99. The highest BCUT2D eigenvalue weighted by Crippen LogP contribution is 2.63. The summed E-state index contributed by atoms with van der Waals surface area (Å²) in [6.45, 7) is 5.28. The molecular formula is C19H19NO4. The molecule has 4 atom stereocenters. The summed E-state index contributed by atoms with van der Waals surface area (Å²) in [5.74, 6) is 0.280. The summed E-state index contributed by atoms with van der Waals surface area (Å²) in [4.78, 5) is 14.8. The van der Waals surface area contributed by atoms with E-state index in [1.807, 2.05) is 12.1 Å². The molecule has 1 fully saturated rings. The number of ketones is 1. The van der Waals surface area contributed by atoms with E-state index in [-0.39, 0.29) is 17.6 Å². The van der Waals surface area contributed by atoms with E-state index >= 15 is 0 Å². The molecule has 0 saturated carbocycles. The van der Waals surface area contributed by atoms with E-state index in [1.165, 1.54) is 6.08 Å². The number of benzene rings is 1. The lowest BCUT2D eigenvalue weighted by molar-refractivity contribution is -0.153. The third kappa shape index (κ3) is 1.34. The van der Waals surface area contributed by atoms with Crippen LogP contribution in [0.3, 0.4) is 0 Å². The zero-order valence-electron chi connectivity index (χ0n) is 13.2. The first-order valence-corrected chi connectivity index (χ1v) is 8.35. The Morgan fingerprint density at radius 2 is 2.29 bits per heavy atom. The van der Waals surface area contributed by atoms with Crippen LogP contribution in [-0.4, -0.2) is 51.7 Å². The minimum atomic E-state index is -1.18. The second kappa shape index (κ2) is 4.29. The molecule has 1 spiro atoms. The molecule has 4 aliphatic rings. The van der Waals surface area contributed by atoms with Crippen LogP contribution in [0.4, 0.5) is 0 Å². The average molecular weight is 325 g/mol. The second-order valence-electron chi connectivity index (χ2n) is 7.23. The Kier molecular flexibility index (Phi) is 2.55. The number of carbonyl (C=O) groups excluding carboxylic acids is 1. The fourth-order valence-electron chi connectivity index (χ4n) is 5.39. The Bertz CT molecular complexity index is 816. The maximum Gasteiger partial charge on any atom is 0.196 e. The van der Waals surface area contributed by atoms with Gasteiger partial charge in [-0.15, -0.1) is 6.58 Å². The lowest BCUT2D eigenvalue weighted by atomic mass is 9.51. The summed E-state index contributed by atoms with van der Waals surface area (Å²) >= 11 is 0. The lowest BCUT2D eigenvalue weighted by Crippen LogP contribution is -2.75. The summed E-state index contributed by atoms with van der Waals surface area (Å²) < 4.78 is 5.93. The van der Waals surface area contributed by atoms with Crippen molar-refractivity contribution in [1.82, 2.24) is 4.90 Å². The fraction of sp³-hybridized carbons (Fsp3) is 0.421. The summed E-state index contributed by atoms with van der Waals surface area (Å²) in [5.41, 5.74) is -0.0964. The molecule has 0 amide bonds. The zero-order valence-corrected chi connectivity index (χ0v) is 13.2. The summed E-state index contributed by atoms with van der Waals surface area (Å²) in [7, 11) is 0. The van der Waals surface area contributed by atoms with Crippen LogP contribution in [0.5, 0.6) is 11.5 Å². The van der Waals surface area contributed by atoms with Crippen molar-refractivity contribution in [1.29, 1.82) is 0 Å². The van der Waals surface area contributed by atoms with Crippen molar-refractivity contribution in [2.24, 2.45) is 0 Å². The molecule has 0 radical (unpaired) electrons. The molecule has 24 heavy (non-hydrogen) atoms. The van der Waals surface area contributed by atoms with Crippen molar-refractivity contribution < 1.29 is 19.7 Å². The Morgan fingerprint density at radius 3 is 3.08 bits per heavy atom. The minimum Gasteiger partial charge on any atom is -0.504 e. The second-order valence-corrected chi connectivity index (χ2v) is 7.23. The van der Waals surface area contributed by atoms with Gasteiger partial charge in [-0.2, -0.15) is 0 Å². The van der Waals surface area contributed by atoms with E-state index in [1.54, 1.807) is 12.1 Å². The van der Waals surface area contributed by atoms with Gasteiger partial charge >= 0.3 is 0 Å². The van der Waals surface area contributed by atoms with Crippen molar-refractivity contribution in [3.05, 3.63) is 48.1 Å². The third-order valence-electron chi connectivity index (χ3n) is 6.35. The number of nitrogens with zero attached hydrogens (tertiary/aromatic N) is 1. The van der Waals surface area contributed by atoms with Crippen LogP contribution in [0.15, 0.2) is 36.9 Å². The summed E-state index contributed by atoms with van der Waals surface area (Å²) in [6, 6.07) is 3.38. The predicted octanol–water partition coefficient (Wildman–Crippen LogP) is 1.08. The van der Waals surface area contributed by atoms with Gasteiger partial charge in [-0.3, -0.25) is 9.69 Å². The largest absolute Gasteiger partial charge is 0.504 e. The fourth-order valence-corrected chi connectivity index (χ4v) is 5.39. The van der Waals surface area contributed by atoms with E-state index in [0.717, 1.165) is 17.7 Å². The molecule has 2 aliphatic carbocycles. The molecule has 5 rings (SSSR count). The van der Waals surface area contributed by atoms with Gasteiger partial charge < -0.3 is 14.9 Å². The van der Waals surface area contributed by atoms with Gasteiger partial charge in [0, 0.05) is 24.7 Å². The Labute approximate surface area is 139 Å². The minimum absolute atomic E-state index is 0.0413. The van der Waals surface area contributed by atoms with E-state index < -0.39 is 17.1 Å². The highest BCUT2D eigenvalue weighted by atomic mass is 16.5. The number of aromatic hydroxyl groups is 1. The van der Waals surface area contributed by atoms with Gasteiger partial charge in [0.05, 0.1) is 5.41 Å². The first-order valence-electron chi connectivity index (χ1n) is 8.35. The molecule has 1 aromatic carbocycles. The van der Waals surface area contributed by atoms with Gasteiger partial charge in [-0.25, -0.2) is 0 Å². The molecule has 2 N–H and O–H groups in total. The maximum absolute atomic E-state index is 12.5. The monoisotopic (exact) mass is 325 g/mol. The van der Waals surface area contributed by atoms with Gasteiger partial charge in [-0.1, -0.05) is 12.1 Å². The molecule has 5 heteroatoms. The maximum atomic E-state index is 12.5. The van der Waals surface area contributed by atoms with Crippen molar-refractivity contribution in [3.63, 3.8) is 0 Å². The summed E-state index contributed by atoms with van der Waals surface area (Å²) in [6.07, 6.45) is 5.46. The number of hydrogen-bond donors (Lipinski definition) is 2. The SMILES string of the molecule is C=CCN1CCC23c4c5ccc(O)c4O[C@H]2C(=O)C=C[C@@]3(O)C1C5. The molecule has 2 bridgehead atoms. The first-order chi connectivity index (χ1) is 11.5. The van der Waals surface area contributed by atoms with Gasteiger partial charge in [-0.05, 0) is 36.6 Å². The number of carbonyl (C=O) groups is 1.